The van der Waals surface area contributed by atoms with Crippen molar-refractivity contribution in [2.75, 3.05) is 37.5 Å². The molecule has 8 heteroatoms. The highest BCUT2D eigenvalue weighted by molar-refractivity contribution is 8.15. The summed E-state index contributed by atoms with van der Waals surface area (Å²) in [6.45, 7) is 10.1. The van der Waals surface area contributed by atoms with E-state index in [1.54, 1.807) is 5.56 Å². The number of nitrogens with zero attached hydrogens (tertiary/aromatic N) is 2. The molecule has 0 atom stereocenters. The number of thioether (sulfide) groups is 1. The molecular formula is C25H39N5O2S. The van der Waals surface area contributed by atoms with Gasteiger partial charge in [0, 0.05) is 43.1 Å². The summed E-state index contributed by atoms with van der Waals surface area (Å²) in [6, 6.07) is 8.96. The molecule has 0 bridgehead atoms. The highest BCUT2D eigenvalue weighted by Crippen LogP contribution is 2.47. The van der Waals surface area contributed by atoms with Gasteiger partial charge in [-0.2, -0.15) is 0 Å². The number of para-hydroxylation sites is 1. The molecule has 182 valence electrons. The maximum absolute atomic E-state index is 12.0. The second-order valence-corrected chi connectivity index (χ2v) is 9.03. The molecule has 7 nitrogen and oxygen atoms in total. The van der Waals surface area contributed by atoms with Crippen LogP contribution >= 0.6 is 11.8 Å². The Morgan fingerprint density at radius 2 is 2.00 bits per heavy atom. The van der Waals surface area contributed by atoms with E-state index in [0.717, 1.165) is 19.1 Å². The molecule has 1 saturated carbocycles. The summed E-state index contributed by atoms with van der Waals surface area (Å²) in [4.78, 5) is 19.7. The maximum Gasteiger partial charge on any atom is 0.276 e. The quantitative estimate of drug-likeness (QED) is 0.427. The van der Waals surface area contributed by atoms with Crippen molar-refractivity contribution in [1.29, 1.82) is 5.41 Å². The van der Waals surface area contributed by atoms with E-state index in [1.807, 2.05) is 13.8 Å². The van der Waals surface area contributed by atoms with E-state index in [9.17, 15) is 4.79 Å². The summed E-state index contributed by atoms with van der Waals surface area (Å²) in [7, 11) is 0. The first-order valence-corrected chi connectivity index (χ1v) is 13.0. The molecule has 1 aliphatic carbocycles. The Kier molecular flexibility index (Phi) is 12.2. The predicted molar refractivity (Wildman–Crippen MR) is 142 cm³/mol. The number of amides is 1. The van der Waals surface area contributed by atoms with Crippen LogP contribution < -0.4 is 10.6 Å². The lowest BCUT2D eigenvalue weighted by molar-refractivity contribution is -0.115. The van der Waals surface area contributed by atoms with Crippen molar-refractivity contribution in [1.82, 2.24) is 5.32 Å². The number of fused-ring (bicyclic) bond motifs is 2. The third-order valence-corrected chi connectivity index (χ3v) is 6.95. The minimum atomic E-state index is -0.197. The molecule has 2 heterocycles. The normalized spacial score (nSPS) is 18.7. The minimum Gasteiger partial charge on any atom is -0.384 e. The van der Waals surface area contributed by atoms with Gasteiger partial charge in [0.1, 0.15) is 0 Å². The van der Waals surface area contributed by atoms with Crippen LogP contribution in [0.25, 0.3) is 0 Å². The van der Waals surface area contributed by atoms with E-state index in [2.05, 4.69) is 51.6 Å². The van der Waals surface area contributed by atoms with Gasteiger partial charge in [0.25, 0.3) is 5.91 Å². The number of aliphatic imine (C=N–C) groups is 2. The molecule has 1 saturated heterocycles. The molecule has 1 amide bonds. The number of carbonyl (C=O) groups excluding carboxylic acids is 1. The van der Waals surface area contributed by atoms with Crippen molar-refractivity contribution in [2.45, 2.75) is 63.8 Å². The van der Waals surface area contributed by atoms with Crippen LogP contribution in [0.3, 0.4) is 0 Å². The topological polar surface area (TPSA) is 98.9 Å². The van der Waals surface area contributed by atoms with Crippen LogP contribution in [0.4, 0.5) is 5.69 Å². The van der Waals surface area contributed by atoms with Gasteiger partial charge in [0.05, 0.1) is 12.4 Å². The van der Waals surface area contributed by atoms with Gasteiger partial charge < -0.3 is 20.8 Å². The molecule has 1 aromatic rings. The SMILES string of the molecule is C=NCSC(=NCC=N)C(=O)NC1CCOCC1.CC.c1ccc2c(c1)NCC21CCCC1. The van der Waals surface area contributed by atoms with Gasteiger partial charge in [-0.15, -0.1) is 0 Å². The summed E-state index contributed by atoms with van der Waals surface area (Å²) in [5.74, 6) is 0.190. The van der Waals surface area contributed by atoms with Gasteiger partial charge >= 0.3 is 0 Å². The maximum atomic E-state index is 12.0. The van der Waals surface area contributed by atoms with Crippen molar-refractivity contribution in [3.05, 3.63) is 29.8 Å². The molecule has 1 aromatic carbocycles. The molecule has 1 spiro atoms. The fourth-order valence-electron chi connectivity index (χ4n) is 4.46. The molecule has 2 aliphatic heterocycles. The second-order valence-electron chi connectivity index (χ2n) is 8.09. The van der Waals surface area contributed by atoms with E-state index in [0.29, 0.717) is 29.5 Å². The van der Waals surface area contributed by atoms with Crippen LogP contribution in [0, 0.1) is 5.41 Å². The van der Waals surface area contributed by atoms with Gasteiger partial charge in [-0.25, -0.2) is 0 Å². The minimum absolute atomic E-state index is 0.147. The smallest absolute Gasteiger partial charge is 0.276 e. The van der Waals surface area contributed by atoms with Crippen molar-refractivity contribution in [3.8, 4) is 0 Å². The van der Waals surface area contributed by atoms with Crippen molar-refractivity contribution in [2.24, 2.45) is 9.98 Å². The van der Waals surface area contributed by atoms with Gasteiger partial charge in [0.2, 0.25) is 0 Å². The Morgan fingerprint density at radius 3 is 2.67 bits per heavy atom. The number of hydrogen-bond acceptors (Lipinski definition) is 7. The number of nitrogens with one attached hydrogen (secondary N) is 3. The molecule has 3 aliphatic rings. The second kappa shape index (κ2) is 14.9. The number of rotatable bonds is 5. The number of hydrogen-bond donors (Lipinski definition) is 3. The Labute approximate surface area is 202 Å². The lowest BCUT2D eigenvalue weighted by atomic mass is 9.81. The first-order valence-electron chi connectivity index (χ1n) is 12.0. The molecule has 3 N–H and O–H groups in total. The predicted octanol–water partition coefficient (Wildman–Crippen LogP) is 4.67. The molecule has 0 radical (unpaired) electrons. The largest absolute Gasteiger partial charge is 0.384 e. The zero-order valence-corrected chi connectivity index (χ0v) is 20.9. The van der Waals surface area contributed by atoms with E-state index in [1.165, 1.54) is 49.7 Å². The van der Waals surface area contributed by atoms with Crippen LogP contribution in [-0.4, -0.2) is 62.1 Å². The fourth-order valence-corrected chi connectivity index (χ4v) is 5.03. The van der Waals surface area contributed by atoms with Crippen LogP contribution in [-0.2, 0) is 14.9 Å². The first kappa shape index (κ1) is 27.1. The lowest BCUT2D eigenvalue weighted by Crippen LogP contribution is -2.41. The average molecular weight is 474 g/mol. The lowest BCUT2D eigenvalue weighted by Gasteiger charge is -2.23. The van der Waals surface area contributed by atoms with Gasteiger partial charge in [-0.3, -0.25) is 14.8 Å². The third kappa shape index (κ3) is 7.96. The van der Waals surface area contributed by atoms with E-state index in [4.69, 9.17) is 10.1 Å². The number of ether oxygens (including phenoxy) is 1. The molecule has 2 fully saturated rings. The van der Waals surface area contributed by atoms with Gasteiger partial charge in [-0.1, -0.05) is 56.7 Å². The molecule has 4 rings (SSSR count). The Bertz CT molecular complexity index is 787. The van der Waals surface area contributed by atoms with Crippen LogP contribution in [0.5, 0.6) is 0 Å². The van der Waals surface area contributed by atoms with Gasteiger partial charge in [0.15, 0.2) is 5.04 Å². The van der Waals surface area contributed by atoms with E-state index in [-0.39, 0.29) is 18.5 Å². The Hall–Kier alpha value is -2.19. The van der Waals surface area contributed by atoms with Crippen LogP contribution in [0.1, 0.15) is 57.9 Å². The Balaban J connectivity index is 0.000000225. The van der Waals surface area contributed by atoms with Crippen LogP contribution in [0.15, 0.2) is 34.3 Å². The van der Waals surface area contributed by atoms with Gasteiger partial charge in [-0.05, 0) is 44.0 Å². The monoisotopic (exact) mass is 473 g/mol. The summed E-state index contributed by atoms with van der Waals surface area (Å²) in [5.41, 5.74) is 3.47. The molecular weight excluding hydrogens is 434 g/mol. The number of benzene rings is 1. The fraction of sp³-hybridized carbons (Fsp3) is 0.600. The summed E-state index contributed by atoms with van der Waals surface area (Å²) in [6.07, 6.45) is 8.41. The number of carbonyl (C=O) groups is 1. The zero-order valence-electron chi connectivity index (χ0n) is 20.1. The van der Waals surface area contributed by atoms with Crippen molar-refractivity contribution >= 4 is 41.3 Å². The van der Waals surface area contributed by atoms with Crippen molar-refractivity contribution in [3.63, 3.8) is 0 Å². The van der Waals surface area contributed by atoms with Crippen LogP contribution in [0.2, 0.25) is 0 Å². The van der Waals surface area contributed by atoms with E-state index >= 15 is 0 Å². The first-order chi connectivity index (χ1) is 16.2. The highest BCUT2D eigenvalue weighted by Gasteiger charge is 2.40. The molecule has 0 aromatic heterocycles. The summed E-state index contributed by atoms with van der Waals surface area (Å²) < 4.78 is 5.23. The third-order valence-electron chi connectivity index (χ3n) is 6.05. The Morgan fingerprint density at radius 1 is 1.30 bits per heavy atom. The zero-order chi connectivity index (χ0) is 23.9. The van der Waals surface area contributed by atoms with E-state index < -0.39 is 0 Å². The highest BCUT2D eigenvalue weighted by atomic mass is 32.2. The summed E-state index contributed by atoms with van der Waals surface area (Å²) in [5, 5.41) is 13.8. The van der Waals surface area contributed by atoms with Crippen molar-refractivity contribution < 1.29 is 9.53 Å². The molecule has 33 heavy (non-hydrogen) atoms. The summed E-state index contributed by atoms with van der Waals surface area (Å²) >= 11 is 1.23. The number of anilines is 1. The standard InChI is InChI=1S/C12H15N.C11H18N4O2S.C2H6/c1-2-6-11-10(5-1)12(9-13-11)7-3-4-8-12;1-13-8-18-11(14-5-4-12)10(16)15-9-2-6-17-7-3-9;1-2/h1-2,5-6,13H,3-4,7-9H2;4,9,12H,1-3,5-8H2,(H,15,16);1-2H3. The average Bonchev–Trinajstić information content (AvgIpc) is 3.49. The molecule has 0 unspecified atom stereocenters.